The minimum atomic E-state index is 0.635. The van der Waals surface area contributed by atoms with Gasteiger partial charge in [0.05, 0.1) is 0 Å². The Kier molecular flexibility index (Phi) is 8.94. The van der Waals surface area contributed by atoms with Crippen LogP contribution in [0.1, 0.15) is 0 Å². The predicted octanol–water partition coefficient (Wildman–Crippen LogP) is 13.2. The van der Waals surface area contributed by atoms with E-state index in [4.69, 9.17) is 15.0 Å². The van der Waals surface area contributed by atoms with Gasteiger partial charge in [-0.3, -0.25) is 0 Å². The molecule has 9 rings (SSSR count). The third-order valence-corrected chi connectivity index (χ3v) is 9.74. The molecule has 0 spiro atoms. The van der Waals surface area contributed by atoms with Crippen LogP contribution in [0.2, 0.25) is 0 Å². The van der Waals surface area contributed by atoms with Crippen LogP contribution in [0.15, 0.2) is 212 Å². The van der Waals surface area contributed by atoms with Crippen molar-refractivity contribution in [2.24, 2.45) is 0 Å². The van der Waals surface area contributed by atoms with E-state index in [1.165, 1.54) is 38.9 Å². The molecule has 0 amide bonds. The first-order valence-electron chi connectivity index (χ1n) is 18.2. The van der Waals surface area contributed by atoms with Crippen molar-refractivity contribution < 1.29 is 0 Å². The van der Waals surface area contributed by atoms with Gasteiger partial charge in [-0.05, 0) is 79.9 Å². The minimum absolute atomic E-state index is 0.635. The fourth-order valence-electron chi connectivity index (χ4n) is 7.05. The Morgan fingerprint density at radius 2 is 0.444 bits per heavy atom. The zero-order valence-corrected chi connectivity index (χ0v) is 29.5. The van der Waals surface area contributed by atoms with E-state index in [2.05, 4.69) is 152 Å². The van der Waals surface area contributed by atoms with Crippen molar-refractivity contribution in [1.82, 2.24) is 15.0 Å². The summed E-state index contributed by atoms with van der Waals surface area (Å²) in [5.74, 6) is 1.93. The summed E-state index contributed by atoms with van der Waals surface area (Å²) in [5, 5.41) is 0. The molecule has 0 atom stereocenters. The van der Waals surface area contributed by atoms with Crippen LogP contribution >= 0.6 is 0 Å². The van der Waals surface area contributed by atoms with Crippen molar-refractivity contribution in [3.8, 4) is 89.8 Å². The zero-order chi connectivity index (χ0) is 36.1. The highest BCUT2D eigenvalue weighted by atomic mass is 15.0. The average molecular weight is 690 g/mol. The summed E-state index contributed by atoms with van der Waals surface area (Å²) >= 11 is 0. The predicted molar refractivity (Wildman–Crippen MR) is 223 cm³/mol. The fourth-order valence-corrected chi connectivity index (χ4v) is 7.05. The summed E-state index contributed by atoms with van der Waals surface area (Å²) in [5.41, 5.74) is 14.5. The van der Waals surface area contributed by atoms with Crippen LogP contribution in [0, 0.1) is 0 Å². The van der Waals surface area contributed by atoms with Crippen LogP contribution in [0.4, 0.5) is 0 Å². The smallest absolute Gasteiger partial charge is 0.164 e. The molecule has 54 heavy (non-hydrogen) atoms. The Hall–Kier alpha value is -7.23. The van der Waals surface area contributed by atoms with Crippen LogP contribution in [-0.2, 0) is 0 Å². The number of benzene rings is 8. The molecule has 1 heterocycles. The Morgan fingerprint density at radius 3 is 0.833 bits per heavy atom. The molecule has 9 aromatic rings. The third-order valence-electron chi connectivity index (χ3n) is 9.74. The Morgan fingerprint density at radius 1 is 0.185 bits per heavy atom. The van der Waals surface area contributed by atoms with Gasteiger partial charge in [-0.1, -0.05) is 188 Å². The molecular weight excluding hydrogens is 655 g/mol. The van der Waals surface area contributed by atoms with Gasteiger partial charge in [0.15, 0.2) is 17.5 Å². The van der Waals surface area contributed by atoms with Crippen molar-refractivity contribution in [2.75, 3.05) is 0 Å². The summed E-state index contributed by atoms with van der Waals surface area (Å²) in [4.78, 5) is 14.9. The molecule has 0 saturated carbocycles. The quantitative estimate of drug-likeness (QED) is 0.159. The van der Waals surface area contributed by atoms with E-state index >= 15 is 0 Å². The maximum atomic E-state index is 4.99. The van der Waals surface area contributed by atoms with Crippen LogP contribution in [0.25, 0.3) is 89.8 Å². The first-order valence-corrected chi connectivity index (χ1v) is 18.2. The van der Waals surface area contributed by atoms with E-state index in [0.717, 1.165) is 33.4 Å². The highest BCUT2D eigenvalue weighted by molar-refractivity contribution is 5.95. The summed E-state index contributed by atoms with van der Waals surface area (Å²) < 4.78 is 0. The van der Waals surface area contributed by atoms with Crippen molar-refractivity contribution in [3.63, 3.8) is 0 Å². The molecule has 8 aromatic carbocycles. The van der Waals surface area contributed by atoms with Gasteiger partial charge in [0.1, 0.15) is 0 Å². The topological polar surface area (TPSA) is 38.7 Å². The van der Waals surface area contributed by atoms with E-state index < -0.39 is 0 Å². The lowest BCUT2D eigenvalue weighted by Crippen LogP contribution is -2.00. The number of aromatic nitrogens is 3. The molecule has 0 aliphatic heterocycles. The van der Waals surface area contributed by atoms with Crippen molar-refractivity contribution in [1.29, 1.82) is 0 Å². The van der Waals surface area contributed by atoms with Gasteiger partial charge in [0.25, 0.3) is 0 Å². The van der Waals surface area contributed by atoms with Crippen molar-refractivity contribution in [3.05, 3.63) is 212 Å². The van der Waals surface area contributed by atoms with Crippen molar-refractivity contribution >= 4 is 0 Å². The third kappa shape index (κ3) is 6.74. The Bertz CT molecular complexity index is 2620. The zero-order valence-electron chi connectivity index (χ0n) is 29.5. The lowest BCUT2D eigenvalue weighted by Gasteiger charge is -2.19. The van der Waals surface area contributed by atoms with E-state index in [9.17, 15) is 0 Å². The molecule has 0 fully saturated rings. The van der Waals surface area contributed by atoms with Crippen LogP contribution in [-0.4, -0.2) is 15.0 Å². The SMILES string of the molecule is c1ccc(-c2nc(-c3ccccc3)nc(-c3cccc(-c4cccc(-c5cc(-c6ccccc6)c(-c6ccccc6)cc5-c5ccccc5)c4)c3)n2)cc1. The monoisotopic (exact) mass is 689 g/mol. The number of rotatable bonds is 8. The number of nitrogens with zero attached hydrogens (tertiary/aromatic N) is 3. The minimum Gasteiger partial charge on any atom is -0.208 e. The van der Waals surface area contributed by atoms with E-state index in [1.54, 1.807) is 0 Å². The molecule has 0 saturated heterocycles. The maximum Gasteiger partial charge on any atom is 0.164 e. The second-order valence-electron chi connectivity index (χ2n) is 13.2. The maximum absolute atomic E-state index is 4.99. The highest BCUT2D eigenvalue weighted by Gasteiger charge is 2.17. The molecule has 3 heteroatoms. The van der Waals surface area contributed by atoms with Crippen LogP contribution in [0.3, 0.4) is 0 Å². The Balaban J connectivity index is 1.18. The summed E-state index contributed by atoms with van der Waals surface area (Å²) in [6, 6.07) is 74.4. The molecule has 0 radical (unpaired) electrons. The standard InChI is InChI=1S/C51H35N3/c1-6-18-36(19-7-1)45-34-47(38-22-10-3-11-23-38)48(35-46(45)37-20-8-2-9-21-37)43-30-16-28-41(32-43)42-29-17-31-44(33-42)51-53-49(39-24-12-4-13-25-39)52-50(54-51)40-26-14-5-15-27-40/h1-35H. The summed E-state index contributed by atoms with van der Waals surface area (Å²) in [6.45, 7) is 0. The average Bonchev–Trinajstić information content (AvgIpc) is 3.27. The Labute approximate surface area is 316 Å². The van der Waals surface area contributed by atoms with Crippen LogP contribution < -0.4 is 0 Å². The largest absolute Gasteiger partial charge is 0.208 e. The normalized spacial score (nSPS) is 11.0. The van der Waals surface area contributed by atoms with Gasteiger partial charge in [-0.2, -0.15) is 0 Å². The fraction of sp³-hybridized carbons (Fsp3) is 0. The van der Waals surface area contributed by atoms with Gasteiger partial charge in [0.2, 0.25) is 0 Å². The summed E-state index contributed by atoms with van der Waals surface area (Å²) in [7, 11) is 0. The molecule has 0 bridgehead atoms. The van der Waals surface area contributed by atoms with E-state index in [-0.39, 0.29) is 0 Å². The molecule has 0 unspecified atom stereocenters. The first-order chi connectivity index (χ1) is 26.8. The number of hydrogen-bond acceptors (Lipinski definition) is 3. The van der Waals surface area contributed by atoms with E-state index in [0.29, 0.717) is 17.5 Å². The lowest BCUT2D eigenvalue weighted by molar-refractivity contribution is 1.07. The highest BCUT2D eigenvalue weighted by Crippen LogP contribution is 2.43. The second-order valence-corrected chi connectivity index (χ2v) is 13.2. The second kappa shape index (κ2) is 14.8. The summed E-state index contributed by atoms with van der Waals surface area (Å²) in [6.07, 6.45) is 0. The molecular formula is C51H35N3. The van der Waals surface area contributed by atoms with Gasteiger partial charge in [-0.25, -0.2) is 15.0 Å². The first kappa shape index (κ1) is 32.7. The van der Waals surface area contributed by atoms with Gasteiger partial charge < -0.3 is 0 Å². The van der Waals surface area contributed by atoms with Crippen LogP contribution in [0.5, 0.6) is 0 Å². The molecule has 254 valence electrons. The van der Waals surface area contributed by atoms with Gasteiger partial charge >= 0.3 is 0 Å². The molecule has 0 aliphatic rings. The number of hydrogen-bond donors (Lipinski definition) is 0. The van der Waals surface area contributed by atoms with E-state index in [1.807, 2.05) is 60.7 Å². The molecule has 0 N–H and O–H groups in total. The van der Waals surface area contributed by atoms with Crippen molar-refractivity contribution in [2.45, 2.75) is 0 Å². The van der Waals surface area contributed by atoms with Gasteiger partial charge in [0, 0.05) is 16.7 Å². The molecule has 1 aromatic heterocycles. The molecule has 0 aliphatic carbocycles. The van der Waals surface area contributed by atoms with Gasteiger partial charge in [-0.15, -0.1) is 0 Å². The lowest BCUT2D eigenvalue weighted by atomic mass is 9.85. The molecule has 3 nitrogen and oxygen atoms in total.